The van der Waals surface area contributed by atoms with Crippen molar-refractivity contribution in [1.82, 2.24) is 0 Å². The Morgan fingerprint density at radius 1 is 0.444 bits per heavy atom. The van der Waals surface area contributed by atoms with Gasteiger partial charge in [0.05, 0.1) is 0 Å². The minimum atomic E-state index is -9.55. The number of benzene rings is 1. The maximum atomic E-state index is 13.9. The zero-order chi connectivity index (χ0) is 36.7. The highest BCUT2D eigenvalue weighted by Crippen LogP contribution is 2.67. The molecule has 0 saturated heterocycles. The summed E-state index contributed by atoms with van der Waals surface area (Å²) >= 11 is 0. The molecule has 0 saturated carbocycles. The Hall–Kier alpha value is -2.68. The number of ether oxygens (including phenoxy) is 1. The molecule has 264 valence electrons. The fourth-order valence-electron chi connectivity index (χ4n) is 2.69. The van der Waals surface area contributed by atoms with Crippen molar-refractivity contribution in [2.24, 2.45) is 0 Å². The van der Waals surface area contributed by atoms with Crippen molar-refractivity contribution < 1.29 is 119 Å². The first-order chi connectivity index (χ1) is 19.2. The van der Waals surface area contributed by atoms with Crippen LogP contribution < -0.4 is 4.74 Å². The molecule has 0 aliphatic rings. The second kappa shape index (κ2) is 10.4. The standard InChI is InChI=1S/C17H5F23O4S/c18-7(19,8(20,21)10(24,25)12(28,29)14(32,33)16(36,37)38)9(22,23)11(26,27)13(30,31)15(34,35)17(39,40)44-5-3-1-2-4-6(5)45(41,42)43/h1-4H,(H,41,42,43). The van der Waals surface area contributed by atoms with E-state index < -0.39 is 86.4 Å². The van der Waals surface area contributed by atoms with Gasteiger partial charge in [0, 0.05) is 0 Å². The van der Waals surface area contributed by atoms with Crippen LogP contribution in [0.1, 0.15) is 0 Å². The van der Waals surface area contributed by atoms with Crippen LogP contribution in [0.2, 0.25) is 0 Å². The first-order valence-corrected chi connectivity index (χ1v) is 11.2. The summed E-state index contributed by atoms with van der Waals surface area (Å²) in [6.45, 7) is 0. The van der Waals surface area contributed by atoms with E-state index in [1.54, 1.807) is 0 Å². The van der Waals surface area contributed by atoms with E-state index in [2.05, 4.69) is 4.74 Å². The first kappa shape index (κ1) is 40.3. The predicted octanol–water partition coefficient (Wildman–Crippen LogP) is 8.18. The summed E-state index contributed by atoms with van der Waals surface area (Å²) in [5.74, 6) is -85.0. The van der Waals surface area contributed by atoms with Gasteiger partial charge in [0.1, 0.15) is 10.6 Å². The second-order valence-corrected chi connectivity index (χ2v) is 9.60. The lowest BCUT2D eigenvalue weighted by Gasteiger charge is -2.45. The number of halogens is 23. The third-order valence-electron chi connectivity index (χ3n) is 5.24. The van der Waals surface area contributed by atoms with Crippen LogP contribution in [0.15, 0.2) is 29.2 Å². The minimum Gasteiger partial charge on any atom is -0.426 e. The molecule has 1 aromatic carbocycles. The molecule has 0 bridgehead atoms. The van der Waals surface area contributed by atoms with Gasteiger partial charge in [0.2, 0.25) is 0 Å². The highest BCUT2D eigenvalue weighted by molar-refractivity contribution is 7.86. The van der Waals surface area contributed by atoms with Crippen LogP contribution in [-0.4, -0.2) is 78.6 Å². The summed E-state index contributed by atoms with van der Waals surface area (Å²) in [5, 5.41) is 0. The van der Waals surface area contributed by atoms with Gasteiger partial charge in [-0.3, -0.25) is 4.55 Å². The molecular formula is C17H5F23O4S. The largest absolute Gasteiger partial charge is 0.471 e. The molecule has 0 spiro atoms. The molecule has 45 heavy (non-hydrogen) atoms. The van der Waals surface area contributed by atoms with Gasteiger partial charge in [-0.25, -0.2) is 0 Å². The van der Waals surface area contributed by atoms with Crippen molar-refractivity contribution in [3.05, 3.63) is 24.3 Å². The van der Waals surface area contributed by atoms with Gasteiger partial charge in [-0.1, -0.05) is 12.1 Å². The molecule has 0 radical (unpaired) electrons. The van der Waals surface area contributed by atoms with Gasteiger partial charge >= 0.3 is 65.6 Å². The highest BCUT2D eigenvalue weighted by atomic mass is 32.2. The van der Waals surface area contributed by atoms with E-state index >= 15 is 0 Å². The Kier molecular flexibility index (Phi) is 9.34. The van der Waals surface area contributed by atoms with Crippen LogP contribution in [-0.2, 0) is 10.1 Å². The average Bonchev–Trinajstić information content (AvgIpc) is 2.81. The van der Waals surface area contributed by atoms with Crippen molar-refractivity contribution in [1.29, 1.82) is 0 Å². The van der Waals surface area contributed by atoms with Crippen molar-refractivity contribution in [2.45, 2.75) is 70.5 Å². The van der Waals surface area contributed by atoms with Crippen molar-refractivity contribution in [3.8, 4) is 5.75 Å². The van der Waals surface area contributed by atoms with Crippen LogP contribution in [0.4, 0.5) is 101 Å². The molecule has 1 rings (SSSR count). The summed E-state index contributed by atoms with van der Waals surface area (Å²) in [6.07, 6.45) is -15.8. The molecule has 0 heterocycles. The molecule has 1 aromatic rings. The molecule has 0 aliphatic heterocycles. The van der Waals surface area contributed by atoms with E-state index in [-0.39, 0.29) is 18.2 Å². The SMILES string of the molecule is O=S(=O)(O)c1ccccc1OC(F)(F)C(F)(F)C(F)(F)C(F)(F)C(F)(F)C(F)(F)C(F)(F)C(F)(F)C(F)(F)C(F)(F)C(F)(F)F. The number of hydrogen-bond donors (Lipinski definition) is 1. The van der Waals surface area contributed by atoms with E-state index in [9.17, 15) is 109 Å². The Morgan fingerprint density at radius 3 is 1.00 bits per heavy atom. The molecule has 0 amide bonds. The van der Waals surface area contributed by atoms with Crippen LogP contribution in [0.5, 0.6) is 5.75 Å². The van der Waals surface area contributed by atoms with Gasteiger partial charge in [0.25, 0.3) is 10.1 Å². The van der Waals surface area contributed by atoms with E-state index in [1.165, 1.54) is 0 Å². The molecule has 0 atom stereocenters. The molecule has 0 aromatic heterocycles. The Balaban J connectivity index is 3.86. The van der Waals surface area contributed by atoms with Crippen LogP contribution in [0, 0.1) is 0 Å². The summed E-state index contributed by atoms with van der Waals surface area (Å²) in [5.41, 5.74) is 0. The molecule has 0 unspecified atom stereocenters. The van der Waals surface area contributed by atoms with Crippen molar-refractivity contribution in [3.63, 3.8) is 0 Å². The summed E-state index contributed by atoms with van der Waals surface area (Å²) in [7, 11) is -5.92. The predicted molar refractivity (Wildman–Crippen MR) is 92.4 cm³/mol. The zero-order valence-electron chi connectivity index (χ0n) is 19.6. The lowest BCUT2D eigenvalue weighted by atomic mass is 9.86. The van der Waals surface area contributed by atoms with E-state index in [4.69, 9.17) is 4.55 Å². The number of alkyl halides is 23. The normalized spacial score (nSPS) is 16.2. The molecule has 4 nitrogen and oxygen atoms in total. The minimum absolute atomic E-state index is 0.0826. The quantitative estimate of drug-likeness (QED) is 0.174. The Morgan fingerprint density at radius 2 is 0.711 bits per heavy atom. The number of rotatable bonds is 12. The molecule has 0 aliphatic carbocycles. The van der Waals surface area contributed by atoms with E-state index in [0.29, 0.717) is 6.07 Å². The number of hydrogen-bond acceptors (Lipinski definition) is 3. The lowest BCUT2D eigenvalue weighted by molar-refractivity contribution is -0.483. The first-order valence-electron chi connectivity index (χ1n) is 9.80. The molecule has 1 N–H and O–H groups in total. The summed E-state index contributed by atoms with van der Waals surface area (Å²) < 4.78 is 342. The third-order valence-corrected chi connectivity index (χ3v) is 6.13. The smallest absolute Gasteiger partial charge is 0.426 e. The average molecular weight is 742 g/mol. The Labute approximate surface area is 230 Å². The van der Waals surface area contributed by atoms with Gasteiger partial charge < -0.3 is 4.74 Å². The summed E-state index contributed by atoms with van der Waals surface area (Å²) in [6, 6.07) is 0.314. The van der Waals surface area contributed by atoms with Crippen LogP contribution in [0.3, 0.4) is 0 Å². The van der Waals surface area contributed by atoms with E-state index in [0.717, 1.165) is 0 Å². The second-order valence-electron chi connectivity index (χ2n) is 8.21. The number of para-hydroxylation sites is 1. The summed E-state index contributed by atoms with van der Waals surface area (Å²) in [4.78, 5) is -2.12. The Bertz CT molecular complexity index is 1360. The van der Waals surface area contributed by atoms with Gasteiger partial charge in [-0.05, 0) is 12.1 Å². The third kappa shape index (κ3) is 5.35. The molecular weight excluding hydrogens is 737 g/mol. The zero-order valence-corrected chi connectivity index (χ0v) is 20.4. The highest BCUT2D eigenvalue weighted by Gasteiger charge is 2.99. The van der Waals surface area contributed by atoms with Crippen LogP contribution in [0.25, 0.3) is 0 Å². The molecule has 0 fully saturated rings. The molecule has 28 heteroatoms. The topological polar surface area (TPSA) is 63.6 Å². The van der Waals surface area contributed by atoms with Gasteiger partial charge in [-0.2, -0.15) is 109 Å². The monoisotopic (exact) mass is 742 g/mol. The van der Waals surface area contributed by atoms with Gasteiger partial charge in [-0.15, -0.1) is 0 Å². The van der Waals surface area contributed by atoms with Gasteiger partial charge in [0.15, 0.2) is 0 Å². The van der Waals surface area contributed by atoms with Crippen molar-refractivity contribution >= 4 is 10.1 Å². The fraction of sp³-hybridized carbons (Fsp3) is 0.647. The maximum Gasteiger partial charge on any atom is 0.471 e. The van der Waals surface area contributed by atoms with Crippen LogP contribution >= 0.6 is 0 Å². The maximum absolute atomic E-state index is 13.9. The fourth-order valence-corrected chi connectivity index (χ4v) is 3.31. The van der Waals surface area contributed by atoms with E-state index in [1.807, 2.05) is 0 Å². The van der Waals surface area contributed by atoms with Crippen molar-refractivity contribution in [2.75, 3.05) is 0 Å². The lowest BCUT2D eigenvalue weighted by Crippen LogP contribution is -2.77.